The highest BCUT2D eigenvalue weighted by Crippen LogP contribution is 2.24. The maximum Gasteiger partial charge on any atom is 0.330 e. The summed E-state index contributed by atoms with van der Waals surface area (Å²) in [6.07, 6.45) is 6.01. The van der Waals surface area contributed by atoms with E-state index in [2.05, 4.69) is 9.72 Å². The normalized spacial score (nSPS) is 17.5. The maximum atomic E-state index is 11.0. The fourth-order valence-corrected chi connectivity index (χ4v) is 1.47. The number of aryl methyl sites for hydroxylation is 1. The Morgan fingerprint density at radius 1 is 1.77 bits per heavy atom. The Morgan fingerprint density at radius 3 is 3.38 bits per heavy atom. The zero-order valence-corrected chi connectivity index (χ0v) is 7.36. The lowest BCUT2D eigenvalue weighted by atomic mass is 10.2. The number of allylic oxidation sites excluding steroid dienone is 1. The smallest absolute Gasteiger partial charge is 0.330 e. The largest absolute Gasteiger partial charge is 0.466 e. The SMILES string of the molecule is COC(=O)/C=C1/CCn2ccnc21. The second-order valence-electron chi connectivity index (χ2n) is 2.89. The van der Waals surface area contributed by atoms with Crippen LogP contribution in [-0.2, 0) is 16.1 Å². The molecule has 0 spiro atoms. The van der Waals surface area contributed by atoms with Crippen LogP contribution in [0.5, 0.6) is 0 Å². The van der Waals surface area contributed by atoms with Gasteiger partial charge in [0, 0.05) is 30.6 Å². The van der Waals surface area contributed by atoms with Crippen molar-refractivity contribution >= 4 is 11.5 Å². The van der Waals surface area contributed by atoms with E-state index >= 15 is 0 Å². The van der Waals surface area contributed by atoms with E-state index in [1.165, 1.54) is 13.2 Å². The van der Waals surface area contributed by atoms with E-state index < -0.39 is 0 Å². The molecule has 1 aromatic heterocycles. The quantitative estimate of drug-likeness (QED) is 0.473. The van der Waals surface area contributed by atoms with Gasteiger partial charge in [0.15, 0.2) is 0 Å². The summed E-state index contributed by atoms with van der Waals surface area (Å²) >= 11 is 0. The second-order valence-corrected chi connectivity index (χ2v) is 2.89. The number of fused-ring (bicyclic) bond motifs is 1. The molecule has 0 radical (unpaired) electrons. The number of carbonyl (C=O) groups is 1. The second kappa shape index (κ2) is 3.05. The van der Waals surface area contributed by atoms with Crippen LogP contribution >= 0.6 is 0 Å². The molecule has 0 bridgehead atoms. The van der Waals surface area contributed by atoms with Crippen molar-refractivity contribution < 1.29 is 9.53 Å². The Kier molecular flexibility index (Phi) is 1.88. The number of rotatable bonds is 1. The van der Waals surface area contributed by atoms with Gasteiger partial charge in [0.2, 0.25) is 0 Å². The molecule has 4 nitrogen and oxygen atoms in total. The zero-order valence-electron chi connectivity index (χ0n) is 7.36. The van der Waals surface area contributed by atoms with Gasteiger partial charge < -0.3 is 9.30 Å². The van der Waals surface area contributed by atoms with E-state index in [4.69, 9.17) is 0 Å². The summed E-state index contributed by atoms with van der Waals surface area (Å²) in [6.45, 7) is 0.901. The van der Waals surface area contributed by atoms with Crippen molar-refractivity contribution in [2.45, 2.75) is 13.0 Å². The minimum Gasteiger partial charge on any atom is -0.466 e. The van der Waals surface area contributed by atoms with Crippen LogP contribution in [0.25, 0.3) is 5.57 Å². The minimum atomic E-state index is -0.313. The van der Waals surface area contributed by atoms with Crippen molar-refractivity contribution in [3.05, 3.63) is 24.3 Å². The number of imidazole rings is 1. The van der Waals surface area contributed by atoms with Gasteiger partial charge in [-0.25, -0.2) is 9.78 Å². The van der Waals surface area contributed by atoms with Gasteiger partial charge in [-0.1, -0.05) is 0 Å². The Bertz CT molecular complexity index is 365. The molecule has 0 aromatic carbocycles. The number of nitrogens with zero attached hydrogens (tertiary/aromatic N) is 2. The van der Waals surface area contributed by atoms with E-state index in [0.717, 1.165) is 24.4 Å². The van der Waals surface area contributed by atoms with Crippen molar-refractivity contribution in [3.63, 3.8) is 0 Å². The molecular formula is C9H10N2O2. The van der Waals surface area contributed by atoms with Crippen LogP contribution in [0.15, 0.2) is 18.5 Å². The molecule has 0 saturated carbocycles. The summed E-state index contributed by atoms with van der Waals surface area (Å²) in [5.74, 6) is 0.567. The van der Waals surface area contributed by atoms with Gasteiger partial charge in [-0.05, 0) is 6.42 Å². The Morgan fingerprint density at radius 2 is 2.62 bits per heavy atom. The van der Waals surface area contributed by atoms with Crippen molar-refractivity contribution in [2.75, 3.05) is 7.11 Å². The highest BCUT2D eigenvalue weighted by molar-refractivity contribution is 5.90. The molecule has 2 heterocycles. The van der Waals surface area contributed by atoms with Gasteiger partial charge in [-0.15, -0.1) is 0 Å². The van der Waals surface area contributed by atoms with Crippen LogP contribution in [-0.4, -0.2) is 22.6 Å². The van der Waals surface area contributed by atoms with E-state index in [0.29, 0.717) is 0 Å². The van der Waals surface area contributed by atoms with Gasteiger partial charge >= 0.3 is 5.97 Å². The lowest BCUT2D eigenvalue weighted by molar-refractivity contribution is -0.134. The van der Waals surface area contributed by atoms with Gasteiger partial charge in [0.1, 0.15) is 5.82 Å². The number of aromatic nitrogens is 2. The first kappa shape index (κ1) is 8.04. The minimum absolute atomic E-state index is 0.313. The molecule has 0 amide bonds. The van der Waals surface area contributed by atoms with Crippen LogP contribution in [0.3, 0.4) is 0 Å². The molecule has 4 heteroatoms. The summed E-state index contributed by atoms with van der Waals surface area (Å²) in [6, 6.07) is 0. The third-order valence-corrected chi connectivity index (χ3v) is 2.12. The van der Waals surface area contributed by atoms with Gasteiger partial charge in [0.25, 0.3) is 0 Å². The number of hydrogen-bond acceptors (Lipinski definition) is 3. The van der Waals surface area contributed by atoms with E-state index in [1.54, 1.807) is 6.20 Å². The van der Waals surface area contributed by atoms with Crippen LogP contribution in [0, 0.1) is 0 Å². The molecule has 0 atom stereocenters. The fraction of sp³-hybridized carbons (Fsp3) is 0.333. The van der Waals surface area contributed by atoms with Crippen LogP contribution in [0.4, 0.5) is 0 Å². The highest BCUT2D eigenvalue weighted by Gasteiger charge is 2.17. The lowest BCUT2D eigenvalue weighted by Crippen LogP contribution is -1.96. The first-order chi connectivity index (χ1) is 6.31. The Hall–Kier alpha value is -1.58. The molecule has 0 fully saturated rings. The monoisotopic (exact) mass is 178 g/mol. The third kappa shape index (κ3) is 1.35. The van der Waals surface area contributed by atoms with Gasteiger partial charge in [-0.3, -0.25) is 0 Å². The van der Waals surface area contributed by atoms with E-state index in [1.807, 2.05) is 10.8 Å². The molecule has 2 rings (SSSR count). The molecule has 1 aromatic rings. The van der Waals surface area contributed by atoms with E-state index in [-0.39, 0.29) is 5.97 Å². The van der Waals surface area contributed by atoms with Gasteiger partial charge in [-0.2, -0.15) is 0 Å². The first-order valence-corrected chi connectivity index (χ1v) is 4.11. The molecule has 1 aliphatic heterocycles. The first-order valence-electron chi connectivity index (χ1n) is 4.11. The molecule has 0 N–H and O–H groups in total. The fourth-order valence-electron chi connectivity index (χ4n) is 1.47. The summed E-state index contributed by atoms with van der Waals surface area (Å²) in [7, 11) is 1.38. The molecule has 0 saturated heterocycles. The molecule has 13 heavy (non-hydrogen) atoms. The summed E-state index contributed by atoms with van der Waals surface area (Å²) in [5.41, 5.74) is 0.955. The number of carbonyl (C=O) groups excluding carboxylic acids is 1. The standard InChI is InChI=1S/C9H10N2O2/c1-13-8(12)6-7-2-4-11-5-3-10-9(7)11/h3,5-6H,2,4H2,1H3/b7-6-. The Balaban J connectivity index is 2.30. The lowest BCUT2D eigenvalue weighted by Gasteiger charge is -1.94. The van der Waals surface area contributed by atoms with Crippen LogP contribution in [0.1, 0.15) is 12.2 Å². The number of ether oxygens (including phenoxy) is 1. The number of esters is 1. The average molecular weight is 178 g/mol. The number of hydrogen-bond donors (Lipinski definition) is 0. The number of methoxy groups -OCH3 is 1. The van der Waals surface area contributed by atoms with Crippen molar-refractivity contribution in [1.29, 1.82) is 0 Å². The zero-order chi connectivity index (χ0) is 9.26. The summed E-state index contributed by atoms with van der Waals surface area (Å²) in [4.78, 5) is 15.1. The molecule has 1 aliphatic rings. The van der Waals surface area contributed by atoms with Crippen molar-refractivity contribution in [3.8, 4) is 0 Å². The maximum absolute atomic E-state index is 11.0. The van der Waals surface area contributed by atoms with Crippen LogP contribution < -0.4 is 0 Å². The van der Waals surface area contributed by atoms with Crippen molar-refractivity contribution in [2.24, 2.45) is 0 Å². The molecule has 0 unspecified atom stereocenters. The topological polar surface area (TPSA) is 44.1 Å². The Labute approximate surface area is 75.8 Å². The average Bonchev–Trinajstić information content (AvgIpc) is 2.69. The summed E-state index contributed by atoms with van der Waals surface area (Å²) in [5, 5.41) is 0. The molecule has 68 valence electrons. The van der Waals surface area contributed by atoms with E-state index in [9.17, 15) is 4.79 Å². The summed E-state index contributed by atoms with van der Waals surface area (Å²) < 4.78 is 6.57. The van der Waals surface area contributed by atoms with Crippen molar-refractivity contribution in [1.82, 2.24) is 9.55 Å². The molecular weight excluding hydrogens is 168 g/mol. The third-order valence-electron chi connectivity index (χ3n) is 2.12. The van der Waals surface area contributed by atoms with Gasteiger partial charge in [0.05, 0.1) is 7.11 Å². The predicted octanol–water partition coefficient (Wildman–Crippen LogP) is 0.843. The molecule has 0 aliphatic carbocycles. The predicted molar refractivity (Wildman–Crippen MR) is 46.8 cm³/mol. The highest BCUT2D eigenvalue weighted by atomic mass is 16.5. The van der Waals surface area contributed by atoms with Crippen LogP contribution in [0.2, 0.25) is 0 Å².